The van der Waals surface area contributed by atoms with E-state index < -0.39 is 5.97 Å². The predicted molar refractivity (Wildman–Crippen MR) is 121 cm³/mol. The van der Waals surface area contributed by atoms with Crippen LogP contribution in [-0.4, -0.2) is 33.4 Å². The number of rotatable bonds is 6. The number of carbonyl (C=O) groups is 1. The molecule has 0 aliphatic carbocycles. The molecule has 0 amide bonds. The highest BCUT2D eigenvalue weighted by atomic mass is 32.2. The van der Waals surface area contributed by atoms with Crippen molar-refractivity contribution in [3.05, 3.63) is 71.9 Å². The molecule has 0 bridgehead atoms. The molecule has 2 aromatic heterocycles. The molecule has 4 rings (SSSR count). The van der Waals surface area contributed by atoms with Crippen LogP contribution in [0.2, 0.25) is 0 Å². The van der Waals surface area contributed by atoms with E-state index in [1.165, 1.54) is 11.8 Å². The van der Waals surface area contributed by atoms with Gasteiger partial charge in [-0.15, -0.1) is 0 Å². The van der Waals surface area contributed by atoms with Gasteiger partial charge in [-0.2, -0.15) is 0 Å². The minimum Gasteiger partial charge on any atom is -0.461 e. The summed E-state index contributed by atoms with van der Waals surface area (Å²) in [6, 6.07) is 19.7. The molecule has 0 saturated carbocycles. The molecule has 6 nitrogen and oxygen atoms in total. The number of ether oxygens (including phenoxy) is 1. The summed E-state index contributed by atoms with van der Waals surface area (Å²) in [7, 11) is 0. The molecule has 4 aromatic rings. The van der Waals surface area contributed by atoms with Crippen LogP contribution < -0.4 is 5.73 Å². The van der Waals surface area contributed by atoms with Crippen LogP contribution in [0.1, 0.15) is 23.0 Å². The summed E-state index contributed by atoms with van der Waals surface area (Å²) in [5.41, 5.74) is 10.5. The van der Waals surface area contributed by atoms with Gasteiger partial charge in [-0.25, -0.2) is 14.8 Å². The maximum Gasteiger partial charge on any atom is 0.357 e. The van der Waals surface area contributed by atoms with Crippen molar-refractivity contribution in [1.82, 2.24) is 14.5 Å². The number of fused-ring (bicyclic) bond motifs is 1. The Bertz CT molecular complexity index is 1190. The van der Waals surface area contributed by atoms with Crippen LogP contribution in [-0.2, 0) is 11.3 Å². The second-order valence-corrected chi connectivity index (χ2v) is 7.45. The van der Waals surface area contributed by atoms with Crippen LogP contribution >= 0.6 is 11.8 Å². The third-order valence-corrected chi connectivity index (χ3v) is 5.35. The number of aromatic nitrogens is 3. The Labute approximate surface area is 179 Å². The van der Waals surface area contributed by atoms with E-state index >= 15 is 0 Å². The Kier molecular flexibility index (Phi) is 5.72. The number of carbonyl (C=O) groups excluding carboxylic acids is 1. The fraction of sp³-hybridized carbons (Fsp3) is 0.174. The lowest BCUT2D eigenvalue weighted by molar-refractivity contribution is 0.0516. The molecule has 7 heteroatoms. The summed E-state index contributed by atoms with van der Waals surface area (Å²) in [5.74, 6) is -0.464. The number of hydrogen-bond donors (Lipinski definition) is 1. The molecule has 0 atom stereocenters. The van der Waals surface area contributed by atoms with Crippen LogP contribution in [0.3, 0.4) is 0 Å². The number of hydrogen-bond acceptors (Lipinski definition) is 6. The van der Waals surface area contributed by atoms with Gasteiger partial charge in [0.05, 0.1) is 23.4 Å². The van der Waals surface area contributed by atoms with E-state index in [4.69, 9.17) is 20.4 Å². The predicted octanol–water partition coefficient (Wildman–Crippen LogP) is 4.63. The van der Waals surface area contributed by atoms with Gasteiger partial charge in [0.2, 0.25) is 0 Å². The number of benzene rings is 2. The lowest BCUT2D eigenvalue weighted by atomic mass is 10.1. The summed E-state index contributed by atoms with van der Waals surface area (Å²) in [5, 5.41) is 1.28. The summed E-state index contributed by atoms with van der Waals surface area (Å²) in [4.78, 5) is 22.3. The topological polar surface area (TPSA) is 83.0 Å². The van der Waals surface area contributed by atoms with Crippen molar-refractivity contribution in [2.75, 3.05) is 18.6 Å². The number of nitrogen functional groups attached to an aromatic ring is 1. The normalized spacial score (nSPS) is 11.0. The average molecular weight is 419 g/mol. The molecule has 0 radical (unpaired) electrons. The molecular weight excluding hydrogens is 396 g/mol. The number of thioether (sulfide) groups is 1. The minimum atomic E-state index is -0.464. The van der Waals surface area contributed by atoms with Gasteiger partial charge in [0.15, 0.2) is 10.9 Å². The molecule has 0 fully saturated rings. The van der Waals surface area contributed by atoms with Crippen molar-refractivity contribution in [2.45, 2.75) is 18.6 Å². The van der Waals surface area contributed by atoms with E-state index in [0.717, 1.165) is 11.1 Å². The zero-order valence-electron chi connectivity index (χ0n) is 16.8. The van der Waals surface area contributed by atoms with Crippen molar-refractivity contribution in [3.8, 4) is 11.3 Å². The fourth-order valence-electron chi connectivity index (χ4n) is 3.48. The molecule has 0 unspecified atom stereocenters. The van der Waals surface area contributed by atoms with Gasteiger partial charge in [0, 0.05) is 12.1 Å². The number of nitrogens with zero attached hydrogens (tertiary/aromatic N) is 3. The standard InChI is InChI=1S/C23H22N4O2S/c1-3-29-22(28)20-18(24)17-19(16-12-8-5-9-13-16)25-23(30-2)26-21(17)27(20)14-15-10-6-4-7-11-15/h4-13H,3,14,24H2,1-2H3. The molecule has 0 saturated heterocycles. The SMILES string of the molecule is CCOC(=O)c1c(N)c2c(-c3ccccc3)nc(SC)nc2n1Cc1ccccc1. The zero-order valence-corrected chi connectivity index (χ0v) is 17.6. The Balaban J connectivity index is 2.04. The van der Waals surface area contributed by atoms with E-state index in [2.05, 4.69) is 0 Å². The van der Waals surface area contributed by atoms with Gasteiger partial charge in [-0.3, -0.25) is 0 Å². The summed E-state index contributed by atoms with van der Waals surface area (Å²) < 4.78 is 7.16. The Morgan fingerprint density at radius 3 is 2.37 bits per heavy atom. The molecule has 0 aliphatic rings. The smallest absolute Gasteiger partial charge is 0.357 e. The summed E-state index contributed by atoms with van der Waals surface area (Å²) in [6.07, 6.45) is 1.93. The van der Waals surface area contributed by atoms with Crippen molar-refractivity contribution >= 4 is 34.5 Å². The van der Waals surface area contributed by atoms with Crippen molar-refractivity contribution in [1.29, 1.82) is 0 Å². The molecule has 30 heavy (non-hydrogen) atoms. The second kappa shape index (κ2) is 8.59. The Morgan fingerprint density at radius 1 is 1.07 bits per heavy atom. The van der Waals surface area contributed by atoms with Gasteiger partial charge in [0.1, 0.15) is 5.65 Å². The van der Waals surface area contributed by atoms with E-state index in [0.29, 0.717) is 39.8 Å². The Hall–Kier alpha value is -3.32. The first-order valence-electron chi connectivity index (χ1n) is 9.64. The van der Waals surface area contributed by atoms with Gasteiger partial charge < -0.3 is 15.0 Å². The molecule has 0 spiro atoms. The van der Waals surface area contributed by atoms with E-state index in [1.807, 2.05) is 71.5 Å². The van der Waals surface area contributed by atoms with Gasteiger partial charge in [-0.1, -0.05) is 72.4 Å². The van der Waals surface area contributed by atoms with Crippen LogP contribution in [0.15, 0.2) is 65.8 Å². The van der Waals surface area contributed by atoms with Gasteiger partial charge in [-0.05, 0) is 18.7 Å². The quantitative estimate of drug-likeness (QED) is 0.279. The molecule has 0 aliphatic heterocycles. The molecule has 2 N–H and O–H groups in total. The van der Waals surface area contributed by atoms with Crippen LogP contribution in [0.4, 0.5) is 5.69 Å². The number of esters is 1. The maximum absolute atomic E-state index is 12.9. The third-order valence-electron chi connectivity index (χ3n) is 4.80. The molecule has 2 aromatic carbocycles. The average Bonchev–Trinajstić information content (AvgIpc) is 3.06. The first-order valence-corrected chi connectivity index (χ1v) is 10.9. The van der Waals surface area contributed by atoms with Gasteiger partial charge >= 0.3 is 5.97 Å². The Morgan fingerprint density at radius 2 is 1.73 bits per heavy atom. The second-order valence-electron chi connectivity index (χ2n) is 6.68. The van der Waals surface area contributed by atoms with Crippen LogP contribution in [0.25, 0.3) is 22.3 Å². The zero-order chi connectivity index (χ0) is 21.1. The van der Waals surface area contributed by atoms with E-state index in [-0.39, 0.29) is 6.61 Å². The number of nitrogens with two attached hydrogens (primary N) is 1. The number of anilines is 1. The highest BCUT2D eigenvalue weighted by molar-refractivity contribution is 7.98. The molecular formula is C23H22N4O2S. The minimum absolute atomic E-state index is 0.262. The highest BCUT2D eigenvalue weighted by Gasteiger charge is 2.27. The maximum atomic E-state index is 12.9. The molecule has 2 heterocycles. The largest absolute Gasteiger partial charge is 0.461 e. The van der Waals surface area contributed by atoms with Crippen LogP contribution in [0.5, 0.6) is 0 Å². The first kappa shape index (κ1) is 20.0. The first-order chi connectivity index (χ1) is 14.6. The third kappa shape index (κ3) is 3.64. The highest BCUT2D eigenvalue weighted by Crippen LogP contribution is 2.36. The lowest BCUT2D eigenvalue weighted by Gasteiger charge is -2.11. The van der Waals surface area contributed by atoms with Crippen molar-refractivity contribution in [2.24, 2.45) is 0 Å². The van der Waals surface area contributed by atoms with Crippen molar-refractivity contribution < 1.29 is 9.53 Å². The van der Waals surface area contributed by atoms with E-state index in [1.54, 1.807) is 6.92 Å². The molecule has 152 valence electrons. The summed E-state index contributed by atoms with van der Waals surface area (Å²) >= 11 is 1.45. The van der Waals surface area contributed by atoms with Gasteiger partial charge in [0.25, 0.3) is 0 Å². The monoisotopic (exact) mass is 418 g/mol. The lowest BCUT2D eigenvalue weighted by Crippen LogP contribution is -2.15. The van der Waals surface area contributed by atoms with Crippen molar-refractivity contribution in [3.63, 3.8) is 0 Å². The fourth-order valence-corrected chi connectivity index (χ4v) is 3.84. The van der Waals surface area contributed by atoms with Crippen LogP contribution in [0, 0.1) is 0 Å². The van der Waals surface area contributed by atoms with E-state index in [9.17, 15) is 4.79 Å². The summed E-state index contributed by atoms with van der Waals surface area (Å²) in [6.45, 7) is 2.49.